The predicted molar refractivity (Wildman–Crippen MR) is 132 cm³/mol. The van der Waals surface area contributed by atoms with Gasteiger partial charge in [0.25, 0.3) is 5.91 Å². The van der Waals surface area contributed by atoms with Gasteiger partial charge in [0.2, 0.25) is 16.0 Å². The fraction of sp³-hybridized carbons (Fsp3) is 0.174. The summed E-state index contributed by atoms with van der Waals surface area (Å²) in [6, 6.07) is 13.1. The maximum Gasteiger partial charge on any atom is 0.281 e. The first-order valence-electron chi connectivity index (χ1n) is 10.7. The van der Waals surface area contributed by atoms with E-state index in [-0.39, 0.29) is 11.7 Å². The second-order valence-corrected chi connectivity index (χ2v) is 9.91. The van der Waals surface area contributed by atoms with Crippen LogP contribution in [-0.4, -0.2) is 49.7 Å². The van der Waals surface area contributed by atoms with Gasteiger partial charge in [0.1, 0.15) is 23.5 Å². The van der Waals surface area contributed by atoms with E-state index in [0.29, 0.717) is 22.8 Å². The molecule has 0 radical (unpaired) electrons. The van der Waals surface area contributed by atoms with Crippen molar-refractivity contribution in [2.24, 2.45) is 7.05 Å². The number of nitrogens with zero attached hydrogens (tertiary/aromatic N) is 6. The van der Waals surface area contributed by atoms with Crippen LogP contribution in [0.2, 0.25) is 0 Å². The molecule has 0 aliphatic heterocycles. The molecule has 5 rings (SSSR count). The van der Waals surface area contributed by atoms with Crippen molar-refractivity contribution in [3.8, 4) is 5.95 Å². The van der Waals surface area contributed by atoms with Crippen molar-refractivity contribution < 1.29 is 13.2 Å². The molecule has 1 amide bonds. The summed E-state index contributed by atoms with van der Waals surface area (Å²) in [5.41, 5.74) is 3.07. The van der Waals surface area contributed by atoms with Gasteiger partial charge in [-0.05, 0) is 24.6 Å². The summed E-state index contributed by atoms with van der Waals surface area (Å²) in [4.78, 5) is 30.7. The average molecular weight is 491 g/mol. The van der Waals surface area contributed by atoms with Gasteiger partial charge >= 0.3 is 0 Å². The van der Waals surface area contributed by atoms with E-state index in [2.05, 4.69) is 20.3 Å². The molecule has 12 heteroatoms. The normalized spacial score (nSPS) is 12.7. The fourth-order valence-corrected chi connectivity index (χ4v) is 4.33. The van der Waals surface area contributed by atoms with E-state index in [9.17, 15) is 13.2 Å². The molecule has 0 saturated heterocycles. The van der Waals surface area contributed by atoms with Gasteiger partial charge in [-0.25, -0.2) is 18.1 Å². The fourth-order valence-electron chi connectivity index (χ4n) is 3.88. The first kappa shape index (κ1) is 22.5. The maximum absolute atomic E-state index is 12.7. The molecule has 1 atom stereocenters. The molecule has 11 nitrogen and oxygen atoms in total. The standard InChI is InChI=1S/C23H22N8O3S/c1-14(15-7-5-4-6-8-15)26-20-16-11-18(22(32)29-35(3,33)34)30(2)21(16)28-23(27-20)31-13-25-17-9-10-24-12-19(17)31/h4-14H,1-3H3,(H,29,32)(H,26,27,28)/t14-/m0/s1. The average Bonchev–Trinajstić information content (AvgIpc) is 3.40. The molecule has 5 aromatic rings. The second kappa shape index (κ2) is 8.47. The monoisotopic (exact) mass is 490 g/mol. The summed E-state index contributed by atoms with van der Waals surface area (Å²) < 4.78 is 28.6. The van der Waals surface area contributed by atoms with Crippen LogP contribution in [0, 0.1) is 0 Å². The molecule has 0 bridgehead atoms. The summed E-state index contributed by atoms with van der Waals surface area (Å²) in [6.07, 6.45) is 5.87. The number of rotatable bonds is 6. The van der Waals surface area contributed by atoms with E-state index < -0.39 is 15.9 Å². The predicted octanol–water partition coefficient (Wildman–Crippen LogP) is 2.56. The van der Waals surface area contributed by atoms with Crippen LogP contribution in [-0.2, 0) is 17.1 Å². The third-order valence-electron chi connectivity index (χ3n) is 5.60. The molecule has 35 heavy (non-hydrogen) atoms. The Hall–Kier alpha value is -4.32. The third kappa shape index (κ3) is 4.30. The number of carbonyl (C=O) groups is 1. The van der Waals surface area contributed by atoms with Crippen LogP contribution in [0.1, 0.15) is 29.0 Å². The molecule has 0 saturated carbocycles. The summed E-state index contributed by atoms with van der Waals surface area (Å²) in [5.74, 6) is 0.0574. The number of aromatic nitrogens is 6. The summed E-state index contributed by atoms with van der Waals surface area (Å²) in [6.45, 7) is 2.00. The van der Waals surface area contributed by atoms with Crippen molar-refractivity contribution in [1.29, 1.82) is 0 Å². The molecular formula is C23H22N8O3S. The zero-order valence-electron chi connectivity index (χ0n) is 19.2. The first-order valence-corrected chi connectivity index (χ1v) is 12.6. The van der Waals surface area contributed by atoms with Crippen LogP contribution in [0.15, 0.2) is 61.2 Å². The highest BCUT2D eigenvalue weighted by Crippen LogP contribution is 2.29. The number of pyridine rings is 1. The van der Waals surface area contributed by atoms with Crippen LogP contribution in [0.4, 0.5) is 5.82 Å². The number of nitrogens with one attached hydrogen (secondary N) is 2. The minimum atomic E-state index is -3.74. The molecule has 4 aromatic heterocycles. The van der Waals surface area contributed by atoms with E-state index in [4.69, 9.17) is 4.98 Å². The minimum absolute atomic E-state index is 0.114. The van der Waals surface area contributed by atoms with Crippen LogP contribution >= 0.6 is 0 Å². The van der Waals surface area contributed by atoms with Gasteiger partial charge in [0.15, 0.2) is 0 Å². The lowest BCUT2D eigenvalue weighted by molar-refractivity contribution is 0.0974. The Morgan fingerprint density at radius 3 is 2.63 bits per heavy atom. The quantitative estimate of drug-likeness (QED) is 0.371. The van der Waals surface area contributed by atoms with Crippen molar-refractivity contribution in [3.05, 3.63) is 72.4 Å². The maximum atomic E-state index is 12.7. The van der Waals surface area contributed by atoms with Crippen LogP contribution < -0.4 is 10.0 Å². The molecule has 0 spiro atoms. The number of fused-ring (bicyclic) bond motifs is 2. The third-order valence-corrected chi connectivity index (χ3v) is 6.16. The molecule has 0 unspecified atom stereocenters. The largest absolute Gasteiger partial charge is 0.363 e. The van der Waals surface area contributed by atoms with Crippen LogP contribution in [0.3, 0.4) is 0 Å². The number of anilines is 1. The number of imidazole rings is 1. The van der Waals surface area contributed by atoms with Crippen molar-refractivity contribution in [2.75, 3.05) is 11.6 Å². The Morgan fingerprint density at radius 1 is 1.11 bits per heavy atom. The summed E-state index contributed by atoms with van der Waals surface area (Å²) >= 11 is 0. The first-order chi connectivity index (χ1) is 16.7. The van der Waals surface area contributed by atoms with Gasteiger partial charge < -0.3 is 9.88 Å². The second-order valence-electron chi connectivity index (χ2n) is 8.16. The van der Waals surface area contributed by atoms with Gasteiger partial charge in [-0.1, -0.05) is 30.3 Å². The number of carbonyl (C=O) groups excluding carboxylic acids is 1. The Labute approximate surface area is 200 Å². The van der Waals surface area contributed by atoms with Crippen molar-refractivity contribution in [1.82, 2.24) is 33.8 Å². The van der Waals surface area contributed by atoms with Gasteiger partial charge in [0.05, 0.1) is 28.9 Å². The Balaban J connectivity index is 1.69. The minimum Gasteiger partial charge on any atom is -0.363 e. The van der Waals surface area contributed by atoms with E-state index >= 15 is 0 Å². The van der Waals surface area contributed by atoms with Gasteiger partial charge in [-0.2, -0.15) is 9.97 Å². The molecule has 0 aliphatic carbocycles. The highest BCUT2D eigenvalue weighted by atomic mass is 32.2. The molecule has 0 aliphatic rings. The van der Waals surface area contributed by atoms with E-state index in [0.717, 1.165) is 22.9 Å². The Bertz CT molecular complexity index is 1680. The van der Waals surface area contributed by atoms with E-state index in [1.165, 1.54) is 4.57 Å². The SMILES string of the molecule is C[C@H](Nc1nc(-n2cnc3ccncc32)nc2c1cc(C(=O)NS(C)(=O)=O)n2C)c1ccccc1. The zero-order valence-corrected chi connectivity index (χ0v) is 20.0. The molecule has 4 heterocycles. The van der Waals surface area contributed by atoms with Gasteiger partial charge in [-0.3, -0.25) is 14.3 Å². The van der Waals surface area contributed by atoms with Crippen LogP contribution in [0.25, 0.3) is 28.0 Å². The topological polar surface area (TPSA) is 137 Å². The van der Waals surface area contributed by atoms with Crippen molar-refractivity contribution in [3.63, 3.8) is 0 Å². The number of hydrogen-bond acceptors (Lipinski definition) is 8. The van der Waals surface area contributed by atoms with E-state index in [1.54, 1.807) is 42.5 Å². The molecule has 2 N–H and O–H groups in total. The Morgan fingerprint density at radius 2 is 1.89 bits per heavy atom. The summed E-state index contributed by atoms with van der Waals surface area (Å²) in [7, 11) is -2.10. The Kier molecular flexibility index (Phi) is 5.44. The van der Waals surface area contributed by atoms with Crippen molar-refractivity contribution in [2.45, 2.75) is 13.0 Å². The lowest BCUT2D eigenvalue weighted by atomic mass is 10.1. The molecule has 178 valence electrons. The lowest BCUT2D eigenvalue weighted by Gasteiger charge is -2.16. The smallest absolute Gasteiger partial charge is 0.281 e. The number of sulfonamides is 1. The molecule has 0 fully saturated rings. The number of aryl methyl sites for hydroxylation is 1. The molecule has 1 aromatic carbocycles. The van der Waals surface area contributed by atoms with E-state index in [1.807, 2.05) is 42.0 Å². The molecular weight excluding hydrogens is 468 g/mol. The number of amides is 1. The highest BCUT2D eigenvalue weighted by Gasteiger charge is 2.22. The van der Waals surface area contributed by atoms with Crippen molar-refractivity contribution >= 4 is 43.8 Å². The van der Waals surface area contributed by atoms with Crippen LogP contribution in [0.5, 0.6) is 0 Å². The van der Waals surface area contributed by atoms with Gasteiger partial charge in [0, 0.05) is 19.3 Å². The number of hydrogen-bond donors (Lipinski definition) is 2. The highest BCUT2D eigenvalue weighted by molar-refractivity contribution is 7.89. The number of benzene rings is 1. The summed E-state index contributed by atoms with van der Waals surface area (Å²) in [5, 5.41) is 3.99. The van der Waals surface area contributed by atoms with Gasteiger partial charge in [-0.15, -0.1) is 0 Å². The zero-order chi connectivity index (χ0) is 24.7. The lowest BCUT2D eigenvalue weighted by Crippen LogP contribution is -2.30.